The zero-order valence-electron chi connectivity index (χ0n) is 10.8. The summed E-state index contributed by atoms with van der Waals surface area (Å²) in [5, 5.41) is 3.16. The number of ether oxygens (including phenoxy) is 1. The maximum absolute atomic E-state index is 5.55. The Bertz CT molecular complexity index is 360. The Labute approximate surface area is 107 Å². The Morgan fingerprint density at radius 1 is 1.33 bits per heavy atom. The molecule has 0 saturated heterocycles. The van der Waals surface area contributed by atoms with Crippen molar-refractivity contribution < 1.29 is 4.74 Å². The topological polar surface area (TPSA) is 114 Å². The van der Waals surface area contributed by atoms with Crippen LogP contribution in [-0.2, 0) is 4.74 Å². The van der Waals surface area contributed by atoms with Crippen LogP contribution in [0.3, 0.4) is 0 Å². The Hall–Kier alpha value is -1.64. The van der Waals surface area contributed by atoms with Gasteiger partial charge in [0, 0.05) is 32.8 Å². The van der Waals surface area contributed by atoms with Crippen molar-refractivity contribution in [2.45, 2.75) is 0 Å². The zero-order valence-corrected chi connectivity index (χ0v) is 10.8. The van der Waals surface area contributed by atoms with Crippen LogP contribution in [0, 0.1) is 0 Å². The van der Waals surface area contributed by atoms with Crippen LogP contribution in [0.1, 0.15) is 0 Å². The summed E-state index contributed by atoms with van der Waals surface area (Å²) in [6.07, 6.45) is 0. The van der Waals surface area contributed by atoms with E-state index in [0.717, 1.165) is 26.2 Å². The number of nitrogens with two attached hydrogens (primary N) is 2. The standard InChI is InChI=1S/C10H21N7O/c1-17(5-6-18-2)4-3-13-8-7-9(16-12)15-10(11)14-8/h7H,3-6,12H2,1-2H3,(H4,11,13,14,15,16). The fourth-order valence-corrected chi connectivity index (χ4v) is 1.36. The van der Waals surface area contributed by atoms with Crippen molar-refractivity contribution in [2.75, 3.05) is 56.9 Å². The molecule has 0 aliphatic heterocycles. The number of nitrogen functional groups attached to an aromatic ring is 2. The molecule has 1 aromatic heterocycles. The molecule has 18 heavy (non-hydrogen) atoms. The molecule has 0 spiro atoms. The van der Waals surface area contributed by atoms with Gasteiger partial charge in [-0.1, -0.05) is 0 Å². The van der Waals surface area contributed by atoms with Crippen LogP contribution in [0.2, 0.25) is 0 Å². The SMILES string of the molecule is COCCN(C)CCNc1cc(NN)nc(N)n1. The second kappa shape index (κ2) is 7.64. The Morgan fingerprint density at radius 3 is 2.72 bits per heavy atom. The van der Waals surface area contributed by atoms with E-state index in [4.69, 9.17) is 16.3 Å². The van der Waals surface area contributed by atoms with E-state index in [9.17, 15) is 0 Å². The predicted octanol–water partition coefficient (Wildman–Crippen LogP) is -0.665. The molecule has 1 heterocycles. The molecule has 0 saturated carbocycles. The zero-order chi connectivity index (χ0) is 13.4. The van der Waals surface area contributed by atoms with Gasteiger partial charge in [0.05, 0.1) is 6.61 Å². The van der Waals surface area contributed by atoms with E-state index in [2.05, 4.69) is 25.6 Å². The fraction of sp³-hybridized carbons (Fsp3) is 0.600. The molecule has 0 aliphatic carbocycles. The van der Waals surface area contributed by atoms with Gasteiger partial charge in [0.1, 0.15) is 11.6 Å². The van der Waals surface area contributed by atoms with Gasteiger partial charge in [-0.05, 0) is 7.05 Å². The number of hydrazine groups is 1. The first-order valence-corrected chi connectivity index (χ1v) is 5.68. The number of methoxy groups -OCH3 is 1. The fourth-order valence-electron chi connectivity index (χ4n) is 1.36. The van der Waals surface area contributed by atoms with E-state index in [1.807, 2.05) is 7.05 Å². The average molecular weight is 255 g/mol. The minimum absolute atomic E-state index is 0.181. The van der Waals surface area contributed by atoms with Gasteiger partial charge in [0.15, 0.2) is 0 Å². The first-order chi connectivity index (χ1) is 8.65. The second-order valence-electron chi connectivity index (χ2n) is 3.86. The highest BCUT2D eigenvalue weighted by molar-refractivity contribution is 5.50. The number of likely N-dealkylation sites (N-methyl/N-ethyl adjacent to an activating group) is 1. The highest BCUT2D eigenvalue weighted by Crippen LogP contribution is 2.10. The Balaban J connectivity index is 2.36. The van der Waals surface area contributed by atoms with Gasteiger partial charge in [0.25, 0.3) is 0 Å². The van der Waals surface area contributed by atoms with E-state index >= 15 is 0 Å². The van der Waals surface area contributed by atoms with Gasteiger partial charge in [-0.2, -0.15) is 9.97 Å². The third-order valence-electron chi connectivity index (χ3n) is 2.37. The summed E-state index contributed by atoms with van der Waals surface area (Å²) in [6.45, 7) is 3.23. The van der Waals surface area contributed by atoms with Crippen LogP contribution in [0.25, 0.3) is 0 Å². The third-order valence-corrected chi connectivity index (χ3v) is 2.37. The first-order valence-electron chi connectivity index (χ1n) is 5.68. The van der Waals surface area contributed by atoms with Gasteiger partial charge in [-0.15, -0.1) is 0 Å². The summed E-state index contributed by atoms with van der Waals surface area (Å²) in [4.78, 5) is 10.1. The van der Waals surface area contributed by atoms with Crippen LogP contribution in [0.15, 0.2) is 6.07 Å². The minimum Gasteiger partial charge on any atom is -0.383 e. The maximum Gasteiger partial charge on any atom is 0.223 e. The van der Waals surface area contributed by atoms with Gasteiger partial charge >= 0.3 is 0 Å². The molecule has 0 unspecified atom stereocenters. The monoisotopic (exact) mass is 255 g/mol. The number of anilines is 3. The molecule has 0 amide bonds. The highest BCUT2D eigenvalue weighted by atomic mass is 16.5. The highest BCUT2D eigenvalue weighted by Gasteiger charge is 2.02. The normalized spacial score (nSPS) is 10.7. The van der Waals surface area contributed by atoms with Crippen molar-refractivity contribution in [3.05, 3.63) is 6.07 Å². The van der Waals surface area contributed by atoms with E-state index in [1.165, 1.54) is 0 Å². The predicted molar refractivity (Wildman–Crippen MR) is 72.1 cm³/mol. The number of aromatic nitrogens is 2. The minimum atomic E-state index is 0.181. The summed E-state index contributed by atoms with van der Waals surface area (Å²) in [5.74, 6) is 6.59. The summed E-state index contributed by atoms with van der Waals surface area (Å²) in [6, 6.07) is 1.70. The number of nitrogens with zero attached hydrogens (tertiary/aromatic N) is 3. The number of hydrogen-bond donors (Lipinski definition) is 4. The molecule has 8 nitrogen and oxygen atoms in total. The van der Waals surface area contributed by atoms with Gasteiger partial charge in [-0.25, -0.2) is 5.84 Å². The molecule has 0 radical (unpaired) electrons. The molecule has 0 atom stereocenters. The molecule has 1 aromatic rings. The van der Waals surface area contributed by atoms with Crippen LogP contribution in [0.5, 0.6) is 0 Å². The lowest BCUT2D eigenvalue weighted by molar-refractivity contribution is 0.163. The van der Waals surface area contributed by atoms with Gasteiger partial charge < -0.3 is 26.1 Å². The summed E-state index contributed by atoms with van der Waals surface area (Å²) in [5.41, 5.74) is 7.98. The molecular formula is C10H21N7O. The molecular weight excluding hydrogens is 234 g/mol. The van der Waals surface area contributed by atoms with Crippen molar-refractivity contribution in [3.63, 3.8) is 0 Å². The lowest BCUT2D eigenvalue weighted by Gasteiger charge is -2.16. The smallest absolute Gasteiger partial charge is 0.223 e. The summed E-state index contributed by atoms with van der Waals surface area (Å²) in [7, 11) is 3.72. The van der Waals surface area contributed by atoms with Crippen molar-refractivity contribution in [1.82, 2.24) is 14.9 Å². The third kappa shape index (κ3) is 5.13. The number of rotatable bonds is 8. The van der Waals surface area contributed by atoms with Gasteiger partial charge in [0.2, 0.25) is 5.95 Å². The first kappa shape index (κ1) is 14.4. The molecule has 102 valence electrons. The molecule has 0 aliphatic rings. The summed E-state index contributed by atoms with van der Waals surface area (Å²) >= 11 is 0. The van der Waals surface area contributed by atoms with E-state index in [1.54, 1.807) is 13.2 Å². The van der Waals surface area contributed by atoms with Crippen LogP contribution < -0.4 is 22.3 Å². The van der Waals surface area contributed by atoms with Crippen molar-refractivity contribution >= 4 is 17.6 Å². The van der Waals surface area contributed by atoms with Crippen LogP contribution in [0.4, 0.5) is 17.6 Å². The lowest BCUT2D eigenvalue weighted by atomic mass is 10.4. The van der Waals surface area contributed by atoms with E-state index in [0.29, 0.717) is 11.6 Å². The average Bonchev–Trinajstić information content (AvgIpc) is 2.35. The second-order valence-corrected chi connectivity index (χ2v) is 3.86. The van der Waals surface area contributed by atoms with Crippen molar-refractivity contribution in [2.24, 2.45) is 5.84 Å². The molecule has 6 N–H and O–H groups in total. The molecule has 8 heteroatoms. The number of nitrogens with one attached hydrogen (secondary N) is 2. The quantitative estimate of drug-likeness (QED) is 0.357. The molecule has 0 bridgehead atoms. The molecule has 0 fully saturated rings. The molecule has 1 rings (SSSR count). The maximum atomic E-state index is 5.55. The lowest BCUT2D eigenvalue weighted by Crippen LogP contribution is -2.28. The van der Waals surface area contributed by atoms with Crippen LogP contribution in [-0.4, -0.2) is 55.3 Å². The summed E-state index contributed by atoms with van der Waals surface area (Å²) < 4.78 is 5.00. The van der Waals surface area contributed by atoms with Crippen LogP contribution >= 0.6 is 0 Å². The van der Waals surface area contributed by atoms with E-state index < -0.39 is 0 Å². The number of hydrogen-bond acceptors (Lipinski definition) is 8. The van der Waals surface area contributed by atoms with Gasteiger partial charge in [-0.3, -0.25) is 0 Å². The largest absolute Gasteiger partial charge is 0.383 e. The van der Waals surface area contributed by atoms with Crippen molar-refractivity contribution in [1.29, 1.82) is 0 Å². The Morgan fingerprint density at radius 2 is 2.06 bits per heavy atom. The van der Waals surface area contributed by atoms with Crippen molar-refractivity contribution in [3.8, 4) is 0 Å². The Kier molecular flexibility index (Phi) is 6.12. The molecule has 0 aromatic carbocycles. The van der Waals surface area contributed by atoms with E-state index in [-0.39, 0.29) is 5.95 Å².